The SMILES string of the molecule is CCCc1nc([C@H]2CN(CCc3scnc3C)CCO2)n[nH]1. The summed E-state index contributed by atoms with van der Waals surface area (Å²) < 4.78 is 5.85. The van der Waals surface area contributed by atoms with Crippen LogP contribution >= 0.6 is 11.3 Å². The predicted molar refractivity (Wildman–Crippen MR) is 86.1 cm³/mol. The smallest absolute Gasteiger partial charge is 0.180 e. The summed E-state index contributed by atoms with van der Waals surface area (Å²) >= 11 is 1.75. The van der Waals surface area contributed by atoms with E-state index < -0.39 is 0 Å². The van der Waals surface area contributed by atoms with Crippen LogP contribution in [-0.2, 0) is 17.6 Å². The molecule has 0 amide bonds. The number of thiazole rings is 1. The molecular weight excluding hydrogens is 298 g/mol. The maximum Gasteiger partial charge on any atom is 0.180 e. The lowest BCUT2D eigenvalue weighted by molar-refractivity contribution is -0.0337. The standard InChI is InChI=1S/C15H23N5OS/c1-3-4-14-17-15(19-18-14)12-9-20(7-8-21-12)6-5-13-11(2)16-10-22-13/h10,12H,3-9H2,1-2H3,(H,17,18,19)/t12-/m1/s1. The van der Waals surface area contributed by atoms with Crippen molar-refractivity contribution >= 4 is 11.3 Å². The summed E-state index contributed by atoms with van der Waals surface area (Å²) in [4.78, 5) is 12.7. The second kappa shape index (κ2) is 7.30. The first kappa shape index (κ1) is 15.6. The molecule has 1 fully saturated rings. The molecule has 1 saturated heterocycles. The topological polar surface area (TPSA) is 66.9 Å². The number of morpholine rings is 1. The molecule has 2 aromatic rings. The highest BCUT2D eigenvalue weighted by molar-refractivity contribution is 7.09. The van der Waals surface area contributed by atoms with Gasteiger partial charge >= 0.3 is 0 Å². The maximum absolute atomic E-state index is 5.85. The van der Waals surface area contributed by atoms with Gasteiger partial charge in [0.2, 0.25) is 0 Å². The second-order valence-corrected chi connectivity index (χ2v) is 6.60. The number of aromatic amines is 1. The molecule has 0 aliphatic carbocycles. The Bertz CT molecular complexity index is 596. The van der Waals surface area contributed by atoms with E-state index in [1.54, 1.807) is 11.3 Å². The van der Waals surface area contributed by atoms with Crippen LogP contribution in [0.15, 0.2) is 5.51 Å². The predicted octanol–water partition coefficient (Wildman–Crippen LogP) is 2.14. The molecule has 1 aliphatic rings. The molecule has 2 aromatic heterocycles. The largest absolute Gasteiger partial charge is 0.367 e. The van der Waals surface area contributed by atoms with Gasteiger partial charge in [0.25, 0.3) is 0 Å². The number of aromatic nitrogens is 4. The van der Waals surface area contributed by atoms with Gasteiger partial charge in [-0.05, 0) is 19.8 Å². The van der Waals surface area contributed by atoms with Crippen molar-refractivity contribution in [2.45, 2.75) is 39.2 Å². The summed E-state index contributed by atoms with van der Waals surface area (Å²) in [5.41, 5.74) is 3.09. The van der Waals surface area contributed by atoms with Crippen LogP contribution in [0.3, 0.4) is 0 Å². The first-order valence-electron chi connectivity index (χ1n) is 7.90. The minimum absolute atomic E-state index is 0.0156. The van der Waals surface area contributed by atoms with E-state index in [2.05, 4.69) is 38.9 Å². The third-order valence-corrected chi connectivity index (χ3v) is 4.97. The van der Waals surface area contributed by atoms with Gasteiger partial charge in [0.1, 0.15) is 11.9 Å². The van der Waals surface area contributed by atoms with E-state index >= 15 is 0 Å². The van der Waals surface area contributed by atoms with Crippen molar-refractivity contribution in [1.29, 1.82) is 0 Å². The van der Waals surface area contributed by atoms with Gasteiger partial charge in [0.15, 0.2) is 5.82 Å². The first-order chi connectivity index (χ1) is 10.8. The number of hydrogen-bond acceptors (Lipinski definition) is 6. The van der Waals surface area contributed by atoms with Gasteiger partial charge in [-0.25, -0.2) is 9.97 Å². The molecule has 0 saturated carbocycles. The van der Waals surface area contributed by atoms with Gasteiger partial charge in [0.05, 0.1) is 17.8 Å². The van der Waals surface area contributed by atoms with Crippen molar-refractivity contribution < 1.29 is 4.74 Å². The lowest BCUT2D eigenvalue weighted by Gasteiger charge is -2.31. The molecular formula is C15H23N5OS. The number of rotatable bonds is 6. The van der Waals surface area contributed by atoms with Gasteiger partial charge in [-0.1, -0.05) is 6.92 Å². The number of aryl methyl sites for hydroxylation is 2. The van der Waals surface area contributed by atoms with E-state index in [-0.39, 0.29) is 6.10 Å². The Morgan fingerprint density at radius 2 is 2.36 bits per heavy atom. The Morgan fingerprint density at radius 1 is 1.45 bits per heavy atom. The lowest BCUT2D eigenvalue weighted by Crippen LogP contribution is -2.39. The molecule has 0 unspecified atom stereocenters. The van der Waals surface area contributed by atoms with Crippen LogP contribution in [0.1, 0.15) is 41.7 Å². The number of hydrogen-bond donors (Lipinski definition) is 1. The van der Waals surface area contributed by atoms with E-state index in [0.717, 1.165) is 62.8 Å². The fourth-order valence-corrected chi connectivity index (χ4v) is 3.46. The summed E-state index contributed by atoms with van der Waals surface area (Å²) in [6.07, 6.45) is 3.05. The number of nitrogens with zero attached hydrogens (tertiary/aromatic N) is 4. The van der Waals surface area contributed by atoms with Crippen molar-refractivity contribution in [2.24, 2.45) is 0 Å². The van der Waals surface area contributed by atoms with Crippen molar-refractivity contribution in [2.75, 3.05) is 26.2 Å². The Balaban J connectivity index is 1.55. The Hall–Kier alpha value is -1.31. The van der Waals surface area contributed by atoms with E-state index in [0.29, 0.717) is 0 Å². The molecule has 22 heavy (non-hydrogen) atoms. The van der Waals surface area contributed by atoms with Gasteiger partial charge in [-0.15, -0.1) is 11.3 Å². The Kier molecular flexibility index (Phi) is 5.17. The highest BCUT2D eigenvalue weighted by Gasteiger charge is 2.25. The highest BCUT2D eigenvalue weighted by atomic mass is 32.1. The molecule has 3 heterocycles. The van der Waals surface area contributed by atoms with Crippen LogP contribution in [0.4, 0.5) is 0 Å². The summed E-state index contributed by atoms with van der Waals surface area (Å²) in [6.45, 7) is 7.83. The van der Waals surface area contributed by atoms with Gasteiger partial charge < -0.3 is 4.74 Å². The minimum atomic E-state index is -0.0156. The van der Waals surface area contributed by atoms with Crippen molar-refractivity contribution in [3.8, 4) is 0 Å². The number of nitrogens with one attached hydrogen (secondary N) is 1. The summed E-state index contributed by atoms with van der Waals surface area (Å²) in [5, 5.41) is 7.34. The molecule has 0 aromatic carbocycles. The Morgan fingerprint density at radius 3 is 3.14 bits per heavy atom. The average Bonchev–Trinajstić information content (AvgIpc) is 3.15. The van der Waals surface area contributed by atoms with Crippen LogP contribution in [0.25, 0.3) is 0 Å². The van der Waals surface area contributed by atoms with Gasteiger partial charge in [0, 0.05) is 30.9 Å². The summed E-state index contributed by atoms with van der Waals surface area (Å²) in [5.74, 6) is 1.75. The maximum atomic E-state index is 5.85. The monoisotopic (exact) mass is 321 g/mol. The minimum Gasteiger partial charge on any atom is -0.367 e. The van der Waals surface area contributed by atoms with Gasteiger partial charge in [-0.2, -0.15) is 5.10 Å². The lowest BCUT2D eigenvalue weighted by atomic mass is 10.2. The zero-order valence-corrected chi connectivity index (χ0v) is 14.0. The number of ether oxygens (including phenoxy) is 1. The zero-order chi connectivity index (χ0) is 15.4. The van der Waals surface area contributed by atoms with Crippen LogP contribution < -0.4 is 0 Å². The average molecular weight is 321 g/mol. The molecule has 1 N–H and O–H groups in total. The highest BCUT2D eigenvalue weighted by Crippen LogP contribution is 2.20. The fourth-order valence-electron chi connectivity index (χ4n) is 2.69. The third-order valence-electron chi connectivity index (χ3n) is 3.97. The first-order valence-corrected chi connectivity index (χ1v) is 8.78. The van der Waals surface area contributed by atoms with Crippen LogP contribution in [-0.4, -0.2) is 51.3 Å². The van der Waals surface area contributed by atoms with E-state index in [1.807, 2.05) is 5.51 Å². The van der Waals surface area contributed by atoms with E-state index in [9.17, 15) is 0 Å². The zero-order valence-electron chi connectivity index (χ0n) is 13.2. The molecule has 120 valence electrons. The molecule has 7 heteroatoms. The number of H-pyrrole nitrogens is 1. The molecule has 0 spiro atoms. The molecule has 0 bridgehead atoms. The van der Waals surface area contributed by atoms with Crippen LogP contribution in [0.2, 0.25) is 0 Å². The van der Waals surface area contributed by atoms with Crippen molar-refractivity contribution in [3.05, 3.63) is 27.7 Å². The molecule has 1 aliphatic heterocycles. The quantitative estimate of drug-likeness (QED) is 0.883. The van der Waals surface area contributed by atoms with E-state index in [1.165, 1.54) is 4.88 Å². The Labute approximate surface area is 134 Å². The van der Waals surface area contributed by atoms with Crippen LogP contribution in [0, 0.1) is 6.92 Å². The molecule has 6 nitrogen and oxygen atoms in total. The van der Waals surface area contributed by atoms with Gasteiger partial charge in [-0.3, -0.25) is 10.00 Å². The summed E-state index contributed by atoms with van der Waals surface area (Å²) in [7, 11) is 0. The fraction of sp³-hybridized carbons (Fsp3) is 0.667. The normalized spacial score (nSPS) is 19.6. The summed E-state index contributed by atoms with van der Waals surface area (Å²) in [6, 6.07) is 0. The second-order valence-electron chi connectivity index (χ2n) is 5.66. The van der Waals surface area contributed by atoms with E-state index in [4.69, 9.17) is 4.74 Å². The third kappa shape index (κ3) is 3.71. The molecule has 3 rings (SSSR count). The van der Waals surface area contributed by atoms with Crippen molar-refractivity contribution in [1.82, 2.24) is 25.1 Å². The van der Waals surface area contributed by atoms with Crippen LogP contribution in [0.5, 0.6) is 0 Å². The molecule has 1 atom stereocenters. The molecule has 0 radical (unpaired) electrons. The van der Waals surface area contributed by atoms with Crippen molar-refractivity contribution in [3.63, 3.8) is 0 Å².